The van der Waals surface area contributed by atoms with E-state index in [4.69, 9.17) is 0 Å². The van der Waals surface area contributed by atoms with Gasteiger partial charge in [-0.25, -0.2) is 0 Å². The zero-order valence-electron chi connectivity index (χ0n) is 9.94. The molecule has 0 fully saturated rings. The zero-order valence-corrected chi connectivity index (χ0v) is 9.94. The molecule has 0 spiro atoms. The molecule has 1 N–H and O–H groups in total. The largest absolute Gasteiger partial charge is 0.511 e. The molecule has 88 valence electrons. The van der Waals surface area contributed by atoms with E-state index in [0.717, 1.165) is 0 Å². The van der Waals surface area contributed by atoms with Crippen LogP contribution in [-0.2, 0) is 4.79 Å². The summed E-state index contributed by atoms with van der Waals surface area (Å²) in [6.07, 6.45) is 0.586. The first kappa shape index (κ1) is 12.5. The SMILES string of the molecule is C/C(=N/N=O)C1=C(O)C(C)(C)CC(C)C1=O. The van der Waals surface area contributed by atoms with E-state index < -0.39 is 5.41 Å². The Morgan fingerprint density at radius 1 is 1.50 bits per heavy atom. The molecule has 0 amide bonds. The zero-order chi connectivity index (χ0) is 12.5. The van der Waals surface area contributed by atoms with Gasteiger partial charge in [0.15, 0.2) is 5.78 Å². The van der Waals surface area contributed by atoms with Crippen molar-refractivity contribution in [3.05, 3.63) is 16.2 Å². The third-order valence-corrected chi connectivity index (χ3v) is 2.94. The van der Waals surface area contributed by atoms with E-state index >= 15 is 0 Å². The van der Waals surface area contributed by atoms with Crippen LogP contribution in [0.2, 0.25) is 0 Å². The maximum atomic E-state index is 11.9. The monoisotopic (exact) mass is 224 g/mol. The highest BCUT2D eigenvalue weighted by Crippen LogP contribution is 2.40. The van der Waals surface area contributed by atoms with E-state index in [1.165, 1.54) is 6.92 Å². The smallest absolute Gasteiger partial charge is 0.170 e. The fraction of sp³-hybridized carbons (Fsp3) is 0.636. The van der Waals surface area contributed by atoms with Crippen LogP contribution < -0.4 is 0 Å². The maximum absolute atomic E-state index is 11.9. The van der Waals surface area contributed by atoms with E-state index in [0.29, 0.717) is 6.42 Å². The predicted octanol–water partition coefficient (Wildman–Crippen LogP) is 2.58. The highest BCUT2D eigenvalue weighted by molar-refractivity contribution is 6.23. The van der Waals surface area contributed by atoms with Crippen molar-refractivity contribution in [2.24, 2.45) is 21.7 Å². The van der Waals surface area contributed by atoms with Crippen LogP contribution in [0, 0.1) is 16.2 Å². The molecule has 16 heavy (non-hydrogen) atoms. The van der Waals surface area contributed by atoms with E-state index in [9.17, 15) is 14.8 Å². The molecule has 0 aliphatic heterocycles. The van der Waals surface area contributed by atoms with E-state index in [2.05, 4.69) is 10.4 Å². The molecule has 0 saturated carbocycles. The number of Topliss-reactive ketones (excluding diaryl/α,β-unsaturated/α-hetero) is 1. The molecule has 0 radical (unpaired) electrons. The van der Waals surface area contributed by atoms with Crippen molar-refractivity contribution < 1.29 is 9.90 Å². The van der Waals surface area contributed by atoms with Crippen LogP contribution in [0.25, 0.3) is 0 Å². The van der Waals surface area contributed by atoms with Crippen LogP contribution in [0.3, 0.4) is 0 Å². The van der Waals surface area contributed by atoms with Gasteiger partial charge in [-0.2, -0.15) is 0 Å². The average molecular weight is 224 g/mol. The van der Waals surface area contributed by atoms with Crippen LogP contribution in [0.4, 0.5) is 0 Å². The number of carbonyl (C=O) groups is 1. The number of allylic oxidation sites excluding steroid dienone is 2. The second-order valence-electron chi connectivity index (χ2n) is 4.84. The number of carbonyl (C=O) groups excluding carboxylic acids is 1. The van der Waals surface area contributed by atoms with Crippen molar-refractivity contribution in [2.45, 2.75) is 34.1 Å². The minimum atomic E-state index is -0.470. The maximum Gasteiger partial charge on any atom is 0.170 e. The number of ketones is 1. The molecule has 0 heterocycles. The fourth-order valence-corrected chi connectivity index (χ4v) is 2.12. The lowest BCUT2D eigenvalue weighted by Gasteiger charge is -2.33. The molecule has 0 bridgehead atoms. The first-order valence-electron chi connectivity index (χ1n) is 5.16. The number of nitrogens with zero attached hydrogens (tertiary/aromatic N) is 2. The molecule has 1 aliphatic rings. The summed E-state index contributed by atoms with van der Waals surface area (Å²) in [5, 5.41) is 15.7. The summed E-state index contributed by atoms with van der Waals surface area (Å²) in [4.78, 5) is 22.0. The third kappa shape index (κ3) is 2.03. The standard InChI is InChI=1S/C11H16N2O3/c1-6-5-11(3,4)10(15)8(9(6)14)7(2)12-13-16/h6,15H,5H2,1-4H3/b12-7-. The van der Waals surface area contributed by atoms with Crippen molar-refractivity contribution in [1.82, 2.24) is 0 Å². The van der Waals surface area contributed by atoms with Crippen LogP contribution in [0.1, 0.15) is 34.1 Å². The average Bonchev–Trinajstić information content (AvgIpc) is 2.15. The Kier molecular flexibility index (Phi) is 3.26. The Hall–Kier alpha value is -1.52. The number of aliphatic hydroxyl groups excluding tert-OH is 1. The van der Waals surface area contributed by atoms with Crippen LogP contribution >= 0.6 is 0 Å². The predicted molar refractivity (Wildman–Crippen MR) is 61.1 cm³/mol. The van der Waals surface area contributed by atoms with E-state index in [1.54, 1.807) is 6.92 Å². The second kappa shape index (κ2) is 4.15. The van der Waals surface area contributed by atoms with Gasteiger partial charge in [-0.05, 0) is 13.3 Å². The highest BCUT2D eigenvalue weighted by atomic mass is 16.3. The number of hydrogen-bond donors (Lipinski definition) is 1. The van der Waals surface area contributed by atoms with Crippen LogP contribution in [0.5, 0.6) is 0 Å². The van der Waals surface area contributed by atoms with Crippen molar-refractivity contribution in [3.63, 3.8) is 0 Å². The lowest BCUT2D eigenvalue weighted by molar-refractivity contribution is -0.120. The van der Waals surface area contributed by atoms with Gasteiger partial charge in [-0.1, -0.05) is 20.8 Å². The van der Waals surface area contributed by atoms with Crippen molar-refractivity contribution in [3.8, 4) is 0 Å². The van der Waals surface area contributed by atoms with Gasteiger partial charge in [0.25, 0.3) is 0 Å². The number of aliphatic hydroxyl groups is 1. The van der Waals surface area contributed by atoms with Gasteiger partial charge in [0.1, 0.15) is 5.76 Å². The lowest BCUT2D eigenvalue weighted by atomic mass is 9.71. The third-order valence-electron chi connectivity index (χ3n) is 2.94. The molecule has 1 aliphatic carbocycles. The van der Waals surface area contributed by atoms with Gasteiger partial charge in [0.2, 0.25) is 0 Å². The first-order chi connectivity index (χ1) is 7.31. The van der Waals surface area contributed by atoms with Crippen molar-refractivity contribution in [2.75, 3.05) is 0 Å². The Morgan fingerprint density at radius 3 is 2.56 bits per heavy atom. The Morgan fingerprint density at radius 2 is 2.06 bits per heavy atom. The minimum Gasteiger partial charge on any atom is -0.511 e. The molecule has 5 nitrogen and oxygen atoms in total. The van der Waals surface area contributed by atoms with Gasteiger partial charge in [-0.15, -0.1) is 10.0 Å². The summed E-state index contributed by atoms with van der Waals surface area (Å²) in [5.41, 5.74) is -0.150. The van der Waals surface area contributed by atoms with E-state index in [1.807, 2.05) is 13.8 Å². The topological polar surface area (TPSA) is 79.1 Å². The summed E-state index contributed by atoms with van der Waals surface area (Å²) >= 11 is 0. The fourth-order valence-electron chi connectivity index (χ4n) is 2.12. The van der Waals surface area contributed by atoms with Crippen LogP contribution in [0.15, 0.2) is 21.7 Å². The second-order valence-corrected chi connectivity index (χ2v) is 4.84. The van der Waals surface area contributed by atoms with Gasteiger partial charge in [0, 0.05) is 11.3 Å². The normalized spacial score (nSPS) is 25.9. The first-order valence-corrected chi connectivity index (χ1v) is 5.16. The van der Waals surface area contributed by atoms with Gasteiger partial charge in [-0.3, -0.25) is 4.79 Å². The van der Waals surface area contributed by atoms with Crippen molar-refractivity contribution in [1.29, 1.82) is 0 Å². The summed E-state index contributed by atoms with van der Waals surface area (Å²) in [6, 6.07) is 0. The van der Waals surface area contributed by atoms with Crippen molar-refractivity contribution >= 4 is 11.5 Å². The van der Waals surface area contributed by atoms with E-state index in [-0.39, 0.29) is 28.7 Å². The van der Waals surface area contributed by atoms with Gasteiger partial charge < -0.3 is 5.11 Å². The number of rotatable bonds is 2. The molecular formula is C11H16N2O3. The molecule has 1 atom stereocenters. The van der Waals surface area contributed by atoms with Gasteiger partial charge in [0.05, 0.1) is 16.6 Å². The summed E-state index contributed by atoms with van der Waals surface area (Å²) in [6.45, 7) is 7.01. The lowest BCUT2D eigenvalue weighted by Crippen LogP contribution is -2.34. The summed E-state index contributed by atoms with van der Waals surface area (Å²) in [7, 11) is 0. The Balaban J connectivity index is 3.35. The summed E-state index contributed by atoms with van der Waals surface area (Å²) in [5.74, 6) is -0.361. The van der Waals surface area contributed by atoms with Crippen LogP contribution in [-0.4, -0.2) is 16.6 Å². The molecule has 1 rings (SSSR count). The molecule has 0 aromatic carbocycles. The minimum absolute atomic E-state index is 0.000463. The number of hydrogen-bond acceptors (Lipinski definition) is 4. The van der Waals surface area contributed by atoms with Gasteiger partial charge >= 0.3 is 0 Å². The quantitative estimate of drug-likeness (QED) is 0.444. The highest BCUT2D eigenvalue weighted by Gasteiger charge is 2.39. The summed E-state index contributed by atoms with van der Waals surface area (Å²) < 4.78 is 0. The Bertz CT molecular complexity index is 394. The molecule has 0 aromatic heterocycles. The number of nitroso groups, excluding NO2 is 1. The molecule has 5 heteroatoms. The molecule has 0 saturated heterocycles. The molecular weight excluding hydrogens is 208 g/mol. The molecule has 1 unspecified atom stereocenters. The molecule has 0 aromatic rings. The Labute approximate surface area is 94.2 Å².